The second kappa shape index (κ2) is 6.12. The molecule has 0 aromatic heterocycles. The Balaban J connectivity index is 2.02. The van der Waals surface area contributed by atoms with Gasteiger partial charge in [-0.3, -0.25) is 9.59 Å². The van der Waals surface area contributed by atoms with Gasteiger partial charge >= 0.3 is 0 Å². The third-order valence-corrected chi connectivity index (χ3v) is 3.93. The molecule has 1 heterocycles. The number of carbonyl (C=O) groups is 2. The predicted octanol–water partition coefficient (Wildman–Crippen LogP) is 2.94. The molecular formula is C18H17NO4. The van der Waals surface area contributed by atoms with Crippen LogP contribution >= 0.6 is 0 Å². The maximum absolute atomic E-state index is 12.9. The first-order valence-electron chi connectivity index (χ1n) is 7.32. The second-order valence-electron chi connectivity index (χ2n) is 5.21. The first-order valence-corrected chi connectivity index (χ1v) is 7.32. The highest BCUT2D eigenvalue weighted by molar-refractivity contribution is 6.14. The van der Waals surface area contributed by atoms with Crippen LogP contribution in [-0.2, 0) is 0 Å². The zero-order chi connectivity index (χ0) is 16.4. The number of amides is 1. The molecule has 0 fully saturated rings. The van der Waals surface area contributed by atoms with Crippen molar-refractivity contribution in [3.8, 4) is 11.5 Å². The van der Waals surface area contributed by atoms with Crippen molar-refractivity contribution in [3.05, 3.63) is 53.6 Å². The van der Waals surface area contributed by atoms with E-state index in [1.807, 2.05) is 0 Å². The molecule has 1 aliphatic rings. The van der Waals surface area contributed by atoms with Gasteiger partial charge in [-0.05, 0) is 36.4 Å². The standard InChI is InChI=1S/C18H17NO4/c1-22-13-8-6-12(7-9-13)18(21)19-11-10-15(20)14-4-3-5-16(23-2)17(14)19/h3-9H,10-11H2,1-2H3. The third-order valence-electron chi connectivity index (χ3n) is 3.93. The minimum Gasteiger partial charge on any atom is -0.497 e. The van der Waals surface area contributed by atoms with Gasteiger partial charge < -0.3 is 14.4 Å². The van der Waals surface area contributed by atoms with Crippen LogP contribution < -0.4 is 14.4 Å². The molecule has 0 N–H and O–H groups in total. The number of ether oxygens (including phenoxy) is 2. The number of para-hydroxylation sites is 1. The lowest BCUT2D eigenvalue weighted by Crippen LogP contribution is -2.37. The summed E-state index contributed by atoms with van der Waals surface area (Å²) < 4.78 is 10.5. The number of rotatable bonds is 3. The molecule has 2 aromatic rings. The van der Waals surface area contributed by atoms with Gasteiger partial charge in [0.05, 0.1) is 19.9 Å². The van der Waals surface area contributed by atoms with Gasteiger partial charge in [-0.1, -0.05) is 6.07 Å². The Hall–Kier alpha value is -2.82. The Morgan fingerprint density at radius 1 is 1.04 bits per heavy atom. The fraction of sp³-hybridized carbons (Fsp3) is 0.222. The minimum absolute atomic E-state index is 0.0256. The zero-order valence-corrected chi connectivity index (χ0v) is 13.0. The molecule has 1 amide bonds. The van der Waals surface area contributed by atoms with Crippen molar-refractivity contribution in [2.45, 2.75) is 6.42 Å². The molecule has 23 heavy (non-hydrogen) atoms. The van der Waals surface area contributed by atoms with Crippen LogP contribution in [0, 0.1) is 0 Å². The molecule has 0 spiro atoms. The van der Waals surface area contributed by atoms with Crippen LogP contribution in [0.5, 0.6) is 11.5 Å². The van der Waals surface area contributed by atoms with Gasteiger partial charge in [0, 0.05) is 24.1 Å². The number of Topliss-reactive ketones (excluding diaryl/α,β-unsaturated/α-hetero) is 1. The normalized spacial score (nSPS) is 13.5. The molecule has 5 heteroatoms. The molecule has 5 nitrogen and oxygen atoms in total. The summed E-state index contributed by atoms with van der Waals surface area (Å²) in [6, 6.07) is 12.2. The largest absolute Gasteiger partial charge is 0.497 e. The smallest absolute Gasteiger partial charge is 0.258 e. The summed E-state index contributed by atoms with van der Waals surface area (Å²) in [5.41, 5.74) is 1.61. The maximum Gasteiger partial charge on any atom is 0.258 e. The van der Waals surface area contributed by atoms with Crippen LogP contribution in [0.3, 0.4) is 0 Å². The minimum atomic E-state index is -0.161. The number of methoxy groups -OCH3 is 2. The quantitative estimate of drug-likeness (QED) is 0.874. The number of hydrogen-bond donors (Lipinski definition) is 0. The number of ketones is 1. The van der Waals surface area contributed by atoms with E-state index in [4.69, 9.17) is 9.47 Å². The molecule has 0 atom stereocenters. The van der Waals surface area contributed by atoms with Gasteiger partial charge in [0.2, 0.25) is 0 Å². The summed E-state index contributed by atoms with van der Waals surface area (Å²) in [5, 5.41) is 0. The summed E-state index contributed by atoms with van der Waals surface area (Å²) in [6.45, 7) is 0.344. The van der Waals surface area contributed by atoms with Crippen molar-refractivity contribution >= 4 is 17.4 Å². The molecule has 0 unspecified atom stereocenters. The summed E-state index contributed by atoms with van der Waals surface area (Å²) in [5.74, 6) is 1.08. The summed E-state index contributed by atoms with van der Waals surface area (Å²) in [6.07, 6.45) is 0.308. The number of benzene rings is 2. The number of anilines is 1. The van der Waals surface area contributed by atoms with Crippen molar-refractivity contribution in [1.29, 1.82) is 0 Å². The molecule has 3 rings (SSSR count). The monoisotopic (exact) mass is 311 g/mol. The van der Waals surface area contributed by atoms with Crippen LogP contribution in [0.25, 0.3) is 0 Å². The molecule has 118 valence electrons. The first kappa shape index (κ1) is 15.1. The average molecular weight is 311 g/mol. The maximum atomic E-state index is 12.9. The van der Waals surface area contributed by atoms with E-state index < -0.39 is 0 Å². The van der Waals surface area contributed by atoms with Gasteiger partial charge in [0.25, 0.3) is 5.91 Å². The Morgan fingerprint density at radius 3 is 2.43 bits per heavy atom. The highest BCUT2D eigenvalue weighted by atomic mass is 16.5. The van der Waals surface area contributed by atoms with Crippen LogP contribution in [0.2, 0.25) is 0 Å². The number of hydrogen-bond acceptors (Lipinski definition) is 4. The van der Waals surface area contributed by atoms with E-state index in [2.05, 4.69) is 0 Å². The Morgan fingerprint density at radius 2 is 1.78 bits per heavy atom. The van der Waals surface area contributed by atoms with Crippen molar-refractivity contribution in [2.24, 2.45) is 0 Å². The molecule has 0 saturated heterocycles. The summed E-state index contributed by atoms with van der Waals surface area (Å²) in [7, 11) is 3.11. The number of nitrogens with zero attached hydrogens (tertiary/aromatic N) is 1. The molecule has 0 aliphatic carbocycles. The summed E-state index contributed by atoms with van der Waals surface area (Å²) in [4.78, 5) is 26.6. The van der Waals surface area contributed by atoms with E-state index in [1.165, 1.54) is 7.11 Å². The SMILES string of the molecule is COc1ccc(C(=O)N2CCC(=O)c3cccc(OC)c32)cc1. The second-order valence-corrected chi connectivity index (χ2v) is 5.21. The first-order chi connectivity index (χ1) is 11.2. The molecule has 0 saturated carbocycles. The fourth-order valence-corrected chi connectivity index (χ4v) is 2.74. The predicted molar refractivity (Wildman–Crippen MR) is 86.6 cm³/mol. The van der Waals surface area contributed by atoms with Crippen molar-refractivity contribution in [3.63, 3.8) is 0 Å². The Kier molecular flexibility index (Phi) is 4.02. The molecule has 1 aliphatic heterocycles. The topological polar surface area (TPSA) is 55.8 Å². The number of carbonyl (C=O) groups excluding carboxylic acids is 2. The van der Waals surface area contributed by atoms with Crippen LogP contribution in [-0.4, -0.2) is 32.5 Å². The van der Waals surface area contributed by atoms with Crippen LogP contribution in [0.1, 0.15) is 27.1 Å². The van der Waals surface area contributed by atoms with Crippen LogP contribution in [0.15, 0.2) is 42.5 Å². The van der Waals surface area contributed by atoms with Crippen molar-refractivity contribution in [1.82, 2.24) is 0 Å². The lowest BCUT2D eigenvalue weighted by molar-refractivity contribution is 0.0954. The van der Waals surface area contributed by atoms with E-state index in [1.54, 1.807) is 54.5 Å². The Bertz CT molecular complexity index is 752. The van der Waals surface area contributed by atoms with E-state index >= 15 is 0 Å². The Labute approximate surface area is 134 Å². The highest BCUT2D eigenvalue weighted by Gasteiger charge is 2.30. The van der Waals surface area contributed by atoms with Gasteiger partial charge in [-0.25, -0.2) is 0 Å². The van der Waals surface area contributed by atoms with E-state index in [0.717, 1.165) is 0 Å². The average Bonchev–Trinajstić information content (AvgIpc) is 2.61. The van der Waals surface area contributed by atoms with E-state index in [0.29, 0.717) is 41.3 Å². The number of fused-ring (bicyclic) bond motifs is 1. The van der Waals surface area contributed by atoms with E-state index in [-0.39, 0.29) is 11.7 Å². The lowest BCUT2D eigenvalue weighted by Gasteiger charge is -2.30. The van der Waals surface area contributed by atoms with Gasteiger partial charge in [-0.15, -0.1) is 0 Å². The van der Waals surface area contributed by atoms with Crippen molar-refractivity contribution < 1.29 is 19.1 Å². The zero-order valence-electron chi connectivity index (χ0n) is 13.0. The van der Waals surface area contributed by atoms with Crippen molar-refractivity contribution in [2.75, 3.05) is 25.7 Å². The van der Waals surface area contributed by atoms with Gasteiger partial charge in [0.1, 0.15) is 11.5 Å². The molecule has 2 aromatic carbocycles. The lowest BCUT2D eigenvalue weighted by atomic mass is 9.98. The molecule has 0 radical (unpaired) electrons. The molecule has 0 bridgehead atoms. The van der Waals surface area contributed by atoms with E-state index in [9.17, 15) is 9.59 Å². The summed E-state index contributed by atoms with van der Waals surface area (Å²) >= 11 is 0. The fourth-order valence-electron chi connectivity index (χ4n) is 2.74. The third kappa shape index (κ3) is 2.65. The molecular weight excluding hydrogens is 294 g/mol. The van der Waals surface area contributed by atoms with Gasteiger partial charge in [0.15, 0.2) is 5.78 Å². The highest BCUT2D eigenvalue weighted by Crippen LogP contribution is 2.37. The van der Waals surface area contributed by atoms with Gasteiger partial charge in [-0.2, -0.15) is 0 Å². The van der Waals surface area contributed by atoms with Crippen LogP contribution in [0.4, 0.5) is 5.69 Å².